The highest BCUT2D eigenvalue weighted by Gasteiger charge is 2.19. The fraction of sp³-hybridized carbons (Fsp3) is 0.707. The lowest BCUT2D eigenvalue weighted by atomic mass is 10.1. The van der Waals surface area contributed by atoms with E-state index in [4.69, 9.17) is 14.2 Å². The number of carbonyl (C=O) groups excluding carboxylic acids is 3. The van der Waals surface area contributed by atoms with E-state index in [9.17, 15) is 14.4 Å². The summed E-state index contributed by atoms with van der Waals surface area (Å²) in [5.41, 5.74) is 0. The molecule has 0 rings (SSSR count). The van der Waals surface area contributed by atoms with E-state index < -0.39 is 6.10 Å². The van der Waals surface area contributed by atoms with Crippen LogP contribution in [0.5, 0.6) is 0 Å². The molecule has 1 atom stereocenters. The maximum absolute atomic E-state index is 12.8. The van der Waals surface area contributed by atoms with Crippen LogP contribution in [-0.4, -0.2) is 37.2 Å². The molecule has 6 nitrogen and oxygen atoms in total. The van der Waals surface area contributed by atoms with Crippen LogP contribution in [0.15, 0.2) is 85.1 Å². The maximum atomic E-state index is 12.8. The van der Waals surface area contributed by atoms with E-state index in [2.05, 4.69) is 106 Å². The molecule has 0 radical (unpaired) electrons. The standard InChI is InChI=1S/C58H98O6/c1-4-7-10-13-16-19-22-25-27-29-31-33-36-39-42-45-48-51-57(60)63-54-55(53-62-56(59)50-47-44-41-38-35-32-24-21-18-15-12-9-6-3)64-58(61)52-49-46-43-40-37-34-30-28-26-23-20-17-14-11-8-5-2/h9,12,15,18,21,24-25,27-28,30-31,33,39,42,55H,4-8,10-11,13-14,16-17,19-20,22-23,26,29,32,34-38,40-41,43-54H2,1-3H3/b12-9+,18-15+,24-21+,27-25+,30-28+,33-31+,42-39+. The van der Waals surface area contributed by atoms with E-state index in [1.54, 1.807) is 0 Å². The van der Waals surface area contributed by atoms with Gasteiger partial charge in [-0.05, 0) is 96.3 Å². The Morgan fingerprint density at radius 2 is 0.688 bits per heavy atom. The normalized spacial score (nSPS) is 12.7. The molecule has 0 aliphatic carbocycles. The van der Waals surface area contributed by atoms with Crippen LogP contribution in [0.3, 0.4) is 0 Å². The second-order valence-electron chi connectivity index (χ2n) is 17.5. The molecule has 0 bridgehead atoms. The zero-order valence-electron chi connectivity index (χ0n) is 41.8. The van der Waals surface area contributed by atoms with Crippen molar-refractivity contribution in [3.8, 4) is 0 Å². The van der Waals surface area contributed by atoms with Crippen LogP contribution >= 0.6 is 0 Å². The molecule has 64 heavy (non-hydrogen) atoms. The summed E-state index contributed by atoms with van der Waals surface area (Å²) in [6.07, 6.45) is 67.2. The lowest BCUT2D eigenvalue weighted by molar-refractivity contribution is -0.167. The molecule has 0 aliphatic rings. The van der Waals surface area contributed by atoms with Gasteiger partial charge in [0.05, 0.1) is 0 Å². The number of carbonyl (C=O) groups is 3. The van der Waals surface area contributed by atoms with Gasteiger partial charge in [0.15, 0.2) is 6.10 Å². The zero-order chi connectivity index (χ0) is 46.5. The quantitative estimate of drug-likeness (QED) is 0.0199. The summed E-state index contributed by atoms with van der Waals surface area (Å²) in [5.74, 6) is -0.987. The molecular formula is C58H98O6. The third kappa shape index (κ3) is 49.6. The second-order valence-corrected chi connectivity index (χ2v) is 17.5. The molecule has 0 saturated heterocycles. The number of rotatable bonds is 47. The minimum absolute atomic E-state index is 0.107. The highest BCUT2D eigenvalue weighted by atomic mass is 16.6. The van der Waals surface area contributed by atoms with Gasteiger partial charge in [-0.1, -0.05) is 215 Å². The van der Waals surface area contributed by atoms with Crippen molar-refractivity contribution in [1.29, 1.82) is 0 Å². The fourth-order valence-electron chi connectivity index (χ4n) is 7.16. The number of allylic oxidation sites excluding steroid dienone is 14. The Morgan fingerprint density at radius 3 is 1.16 bits per heavy atom. The largest absolute Gasteiger partial charge is 0.462 e. The predicted molar refractivity (Wildman–Crippen MR) is 274 cm³/mol. The Kier molecular flexibility index (Phi) is 49.4. The van der Waals surface area contributed by atoms with Gasteiger partial charge in [-0.2, -0.15) is 0 Å². The van der Waals surface area contributed by atoms with Crippen LogP contribution in [0.2, 0.25) is 0 Å². The molecule has 0 N–H and O–H groups in total. The molecule has 1 unspecified atom stereocenters. The summed E-state index contributed by atoms with van der Waals surface area (Å²) in [7, 11) is 0. The Hall–Kier alpha value is -3.41. The molecule has 6 heteroatoms. The van der Waals surface area contributed by atoms with E-state index in [0.29, 0.717) is 19.3 Å². The van der Waals surface area contributed by atoms with Crippen molar-refractivity contribution in [3.63, 3.8) is 0 Å². The molecule has 0 aromatic carbocycles. The summed E-state index contributed by atoms with van der Waals surface area (Å²) in [4.78, 5) is 38.0. The first kappa shape index (κ1) is 60.6. The number of unbranched alkanes of at least 4 members (excludes halogenated alkanes) is 24. The lowest BCUT2D eigenvalue weighted by Crippen LogP contribution is -2.30. The molecule has 0 aromatic heterocycles. The van der Waals surface area contributed by atoms with Gasteiger partial charge in [-0.3, -0.25) is 14.4 Å². The van der Waals surface area contributed by atoms with E-state index in [-0.39, 0.29) is 37.5 Å². The topological polar surface area (TPSA) is 78.9 Å². The average molecular weight is 891 g/mol. The summed E-state index contributed by atoms with van der Waals surface area (Å²) >= 11 is 0. The molecule has 0 spiro atoms. The van der Waals surface area contributed by atoms with Crippen molar-refractivity contribution in [2.24, 2.45) is 0 Å². The van der Waals surface area contributed by atoms with Crippen molar-refractivity contribution in [2.75, 3.05) is 13.2 Å². The molecule has 0 saturated carbocycles. The average Bonchev–Trinajstić information content (AvgIpc) is 3.29. The summed E-state index contributed by atoms with van der Waals surface area (Å²) in [5, 5.41) is 0. The van der Waals surface area contributed by atoms with Gasteiger partial charge >= 0.3 is 17.9 Å². The molecule has 0 heterocycles. The van der Waals surface area contributed by atoms with Crippen molar-refractivity contribution in [3.05, 3.63) is 85.1 Å². The van der Waals surface area contributed by atoms with Crippen LogP contribution < -0.4 is 0 Å². The number of hydrogen-bond acceptors (Lipinski definition) is 6. The van der Waals surface area contributed by atoms with Gasteiger partial charge in [0.2, 0.25) is 0 Å². The van der Waals surface area contributed by atoms with E-state index in [1.807, 2.05) is 0 Å². The highest BCUT2D eigenvalue weighted by molar-refractivity contribution is 5.71. The zero-order valence-corrected chi connectivity index (χ0v) is 41.8. The second kappa shape index (κ2) is 52.2. The van der Waals surface area contributed by atoms with E-state index >= 15 is 0 Å². The minimum atomic E-state index is -0.809. The third-order valence-corrected chi connectivity index (χ3v) is 11.2. The van der Waals surface area contributed by atoms with Gasteiger partial charge in [0.1, 0.15) is 13.2 Å². The van der Waals surface area contributed by atoms with Crippen LogP contribution in [0.25, 0.3) is 0 Å². The molecular weight excluding hydrogens is 793 g/mol. The predicted octanol–water partition coefficient (Wildman–Crippen LogP) is 17.6. The van der Waals surface area contributed by atoms with Crippen LogP contribution in [0.4, 0.5) is 0 Å². The van der Waals surface area contributed by atoms with Gasteiger partial charge < -0.3 is 14.2 Å². The Bertz CT molecular complexity index is 1250. The first-order valence-electron chi connectivity index (χ1n) is 26.6. The maximum Gasteiger partial charge on any atom is 0.306 e. The SMILES string of the molecule is CC/C=C/C=C/C=C/CCCCCCCC(=O)OCC(COC(=O)CCC/C=C/C/C=C/C/C=C/CCCCCCCC)OC(=O)CCCCCCC/C=C/CCCCCCCCC. The Balaban J connectivity index is 4.49. The number of esters is 3. The molecule has 0 aliphatic heterocycles. The number of hydrogen-bond donors (Lipinski definition) is 0. The lowest BCUT2D eigenvalue weighted by Gasteiger charge is -2.18. The van der Waals surface area contributed by atoms with E-state index in [1.165, 1.54) is 103 Å². The fourth-order valence-corrected chi connectivity index (χ4v) is 7.16. The van der Waals surface area contributed by atoms with Crippen molar-refractivity contribution in [2.45, 2.75) is 252 Å². The first-order chi connectivity index (χ1) is 31.5. The van der Waals surface area contributed by atoms with Crippen molar-refractivity contribution >= 4 is 17.9 Å². The smallest absolute Gasteiger partial charge is 0.306 e. The first-order valence-corrected chi connectivity index (χ1v) is 26.6. The molecule has 366 valence electrons. The summed E-state index contributed by atoms with van der Waals surface area (Å²) < 4.78 is 16.7. The Morgan fingerprint density at radius 1 is 0.344 bits per heavy atom. The van der Waals surface area contributed by atoms with Crippen LogP contribution in [0, 0.1) is 0 Å². The number of ether oxygens (including phenoxy) is 3. The van der Waals surface area contributed by atoms with Gasteiger partial charge in [-0.25, -0.2) is 0 Å². The molecule has 0 fully saturated rings. The third-order valence-electron chi connectivity index (χ3n) is 11.2. The summed E-state index contributed by atoms with van der Waals surface area (Å²) in [6.45, 7) is 6.43. The highest BCUT2D eigenvalue weighted by Crippen LogP contribution is 2.13. The summed E-state index contributed by atoms with van der Waals surface area (Å²) in [6, 6.07) is 0. The van der Waals surface area contributed by atoms with Gasteiger partial charge in [0.25, 0.3) is 0 Å². The van der Waals surface area contributed by atoms with Crippen molar-refractivity contribution < 1.29 is 28.6 Å². The van der Waals surface area contributed by atoms with Crippen molar-refractivity contribution in [1.82, 2.24) is 0 Å². The molecule has 0 amide bonds. The van der Waals surface area contributed by atoms with E-state index in [0.717, 1.165) is 96.3 Å². The molecule has 0 aromatic rings. The van der Waals surface area contributed by atoms with Crippen LogP contribution in [-0.2, 0) is 28.6 Å². The Labute approximate surface area is 395 Å². The van der Waals surface area contributed by atoms with Crippen LogP contribution in [0.1, 0.15) is 245 Å². The monoisotopic (exact) mass is 891 g/mol. The van der Waals surface area contributed by atoms with Gasteiger partial charge in [0, 0.05) is 19.3 Å². The minimum Gasteiger partial charge on any atom is -0.462 e. The van der Waals surface area contributed by atoms with Gasteiger partial charge in [-0.15, -0.1) is 0 Å².